The zero-order valence-electron chi connectivity index (χ0n) is 6.51. The lowest BCUT2D eigenvalue weighted by Crippen LogP contribution is -2.09. The molecule has 11 heavy (non-hydrogen) atoms. The van der Waals surface area contributed by atoms with E-state index in [1.165, 1.54) is 4.68 Å². The zero-order chi connectivity index (χ0) is 8.43. The Labute approximate surface area is 63.8 Å². The Hall–Kier alpha value is -0.930. The number of hydrogen-bond acceptors (Lipinski definition) is 1. The second-order valence-corrected chi connectivity index (χ2v) is 2.50. The summed E-state index contributed by atoms with van der Waals surface area (Å²) in [5.41, 5.74) is 1.56. The molecule has 0 bridgehead atoms. The van der Waals surface area contributed by atoms with Crippen LogP contribution in [0.4, 0.5) is 8.78 Å². The van der Waals surface area contributed by atoms with Crippen LogP contribution in [0.1, 0.15) is 11.4 Å². The molecule has 0 aliphatic carbocycles. The van der Waals surface area contributed by atoms with Crippen molar-refractivity contribution in [3.63, 3.8) is 0 Å². The highest BCUT2D eigenvalue weighted by Gasteiger charge is 2.06. The third-order valence-corrected chi connectivity index (χ3v) is 1.41. The van der Waals surface area contributed by atoms with Gasteiger partial charge in [-0.2, -0.15) is 5.10 Å². The molecule has 0 aromatic carbocycles. The monoisotopic (exact) mass is 160 g/mol. The average Bonchev–Trinajstić information content (AvgIpc) is 2.09. The molecule has 0 saturated heterocycles. The quantitative estimate of drug-likeness (QED) is 0.644. The van der Waals surface area contributed by atoms with Gasteiger partial charge in [-0.1, -0.05) is 0 Å². The predicted molar refractivity (Wildman–Crippen MR) is 37.7 cm³/mol. The highest BCUT2D eigenvalue weighted by Crippen LogP contribution is 2.04. The van der Waals surface area contributed by atoms with Crippen LogP contribution in [-0.2, 0) is 6.54 Å². The molecule has 4 heteroatoms. The minimum atomic E-state index is -2.33. The van der Waals surface area contributed by atoms with Gasteiger partial charge in [0, 0.05) is 5.69 Å². The Morgan fingerprint density at radius 2 is 2.18 bits per heavy atom. The van der Waals surface area contributed by atoms with Crippen LogP contribution in [0.3, 0.4) is 0 Å². The van der Waals surface area contributed by atoms with Crippen LogP contribution in [0, 0.1) is 13.8 Å². The summed E-state index contributed by atoms with van der Waals surface area (Å²) in [5.74, 6) is 0. The molecule has 62 valence electrons. The smallest absolute Gasteiger partial charge is 0.257 e. The maximum atomic E-state index is 11.8. The third-order valence-electron chi connectivity index (χ3n) is 1.41. The summed E-state index contributed by atoms with van der Waals surface area (Å²) < 4.78 is 25.0. The first-order valence-electron chi connectivity index (χ1n) is 3.39. The van der Waals surface area contributed by atoms with Crippen LogP contribution in [0.2, 0.25) is 0 Å². The van der Waals surface area contributed by atoms with Gasteiger partial charge in [-0.15, -0.1) is 0 Å². The van der Waals surface area contributed by atoms with Gasteiger partial charge in [-0.05, 0) is 19.9 Å². The Bertz CT molecular complexity index is 243. The summed E-state index contributed by atoms with van der Waals surface area (Å²) in [6, 6.07) is 1.78. The van der Waals surface area contributed by atoms with E-state index >= 15 is 0 Å². The van der Waals surface area contributed by atoms with Gasteiger partial charge in [0.15, 0.2) is 0 Å². The molecule has 0 unspecified atom stereocenters. The SMILES string of the molecule is Cc1cc(C)n(CC(F)F)n1. The molecule has 1 rings (SSSR count). The largest absolute Gasteiger partial charge is 0.264 e. The van der Waals surface area contributed by atoms with Crippen molar-refractivity contribution in [3.8, 4) is 0 Å². The minimum Gasteiger partial charge on any atom is -0.264 e. The first-order valence-corrected chi connectivity index (χ1v) is 3.39. The van der Waals surface area contributed by atoms with E-state index in [0.717, 1.165) is 11.4 Å². The van der Waals surface area contributed by atoms with E-state index in [2.05, 4.69) is 5.10 Å². The van der Waals surface area contributed by atoms with Gasteiger partial charge in [0.05, 0.1) is 5.69 Å². The Morgan fingerprint density at radius 3 is 2.55 bits per heavy atom. The van der Waals surface area contributed by atoms with Crippen LogP contribution in [-0.4, -0.2) is 16.2 Å². The van der Waals surface area contributed by atoms with E-state index in [1.807, 2.05) is 0 Å². The van der Waals surface area contributed by atoms with Gasteiger partial charge in [0.1, 0.15) is 6.54 Å². The van der Waals surface area contributed by atoms with Gasteiger partial charge in [0.25, 0.3) is 6.43 Å². The summed E-state index contributed by atoms with van der Waals surface area (Å²) in [4.78, 5) is 0. The molecule has 0 saturated carbocycles. The minimum absolute atomic E-state index is 0.306. The summed E-state index contributed by atoms with van der Waals surface area (Å²) >= 11 is 0. The summed E-state index contributed by atoms with van der Waals surface area (Å²) in [6.45, 7) is 3.25. The lowest BCUT2D eigenvalue weighted by atomic mass is 10.4. The van der Waals surface area contributed by atoms with Crippen LogP contribution >= 0.6 is 0 Å². The Balaban J connectivity index is 2.77. The predicted octanol–water partition coefficient (Wildman–Crippen LogP) is 1.77. The number of aryl methyl sites for hydroxylation is 2. The Morgan fingerprint density at radius 1 is 1.55 bits per heavy atom. The van der Waals surface area contributed by atoms with Gasteiger partial charge >= 0.3 is 0 Å². The molecule has 0 radical (unpaired) electrons. The average molecular weight is 160 g/mol. The Kier molecular flexibility index (Phi) is 2.22. The van der Waals surface area contributed by atoms with Crippen molar-refractivity contribution in [2.75, 3.05) is 0 Å². The van der Waals surface area contributed by atoms with Crippen molar-refractivity contribution in [2.45, 2.75) is 26.8 Å². The summed E-state index contributed by atoms with van der Waals surface area (Å²) in [6.07, 6.45) is -2.33. The van der Waals surface area contributed by atoms with Crippen LogP contribution in [0.5, 0.6) is 0 Å². The summed E-state index contributed by atoms with van der Waals surface area (Å²) in [7, 11) is 0. The van der Waals surface area contributed by atoms with Gasteiger partial charge in [-0.25, -0.2) is 8.78 Å². The molecule has 2 nitrogen and oxygen atoms in total. The van der Waals surface area contributed by atoms with Gasteiger partial charge in [0.2, 0.25) is 0 Å². The fourth-order valence-electron chi connectivity index (χ4n) is 0.990. The third kappa shape index (κ3) is 2.00. The van der Waals surface area contributed by atoms with E-state index in [9.17, 15) is 8.78 Å². The maximum Gasteiger partial charge on any atom is 0.257 e. The molecule has 1 aromatic heterocycles. The highest BCUT2D eigenvalue weighted by molar-refractivity contribution is 5.06. The highest BCUT2D eigenvalue weighted by atomic mass is 19.3. The van der Waals surface area contributed by atoms with Crippen molar-refractivity contribution in [3.05, 3.63) is 17.5 Å². The second-order valence-electron chi connectivity index (χ2n) is 2.50. The molecule has 0 atom stereocenters. The second kappa shape index (κ2) is 2.98. The molecule has 0 aliphatic heterocycles. The van der Waals surface area contributed by atoms with E-state index < -0.39 is 6.43 Å². The maximum absolute atomic E-state index is 11.8. The number of aromatic nitrogens is 2. The van der Waals surface area contributed by atoms with E-state index in [1.54, 1.807) is 19.9 Å². The first-order chi connectivity index (χ1) is 5.09. The molecule has 0 spiro atoms. The first kappa shape index (κ1) is 8.17. The van der Waals surface area contributed by atoms with Gasteiger partial charge in [-0.3, -0.25) is 4.68 Å². The van der Waals surface area contributed by atoms with Crippen molar-refractivity contribution >= 4 is 0 Å². The number of hydrogen-bond donors (Lipinski definition) is 0. The van der Waals surface area contributed by atoms with Crippen LogP contribution in [0.15, 0.2) is 6.07 Å². The molecular formula is C7H10F2N2. The number of alkyl halides is 2. The number of nitrogens with zero attached hydrogens (tertiary/aromatic N) is 2. The molecule has 1 heterocycles. The fourth-order valence-corrected chi connectivity index (χ4v) is 0.990. The van der Waals surface area contributed by atoms with E-state index in [-0.39, 0.29) is 6.54 Å². The topological polar surface area (TPSA) is 17.8 Å². The van der Waals surface area contributed by atoms with Crippen molar-refractivity contribution < 1.29 is 8.78 Å². The van der Waals surface area contributed by atoms with Crippen molar-refractivity contribution in [1.82, 2.24) is 9.78 Å². The zero-order valence-corrected chi connectivity index (χ0v) is 6.51. The molecule has 0 N–H and O–H groups in total. The van der Waals surface area contributed by atoms with Crippen LogP contribution in [0.25, 0.3) is 0 Å². The molecule has 0 aliphatic rings. The normalized spacial score (nSPS) is 11.0. The molecule has 0 amide bonds. The lowest BCUT2D eigenvalue weighted by molar-refractivity contribution is 0.121. The number of halogens is 2. The van der Waals surface area contributed by atoms with Crippen LogP contribution < -0.4 is 0 Å². The van der Waals surface area contributed by atoms with Crippen molar-refractivity contribution in [1.29, 1.82) is 0 Å². The molecule has 1 aromatic rings. The van der Waals surface area contributed by atoms with Crippen molar-refractivity contribution in [2.24, 2.45) is 0 Å². The molecular weight excluding hydrogens is 150 g/mol. The lowest BCUT2D eigenvalue weighted by Gasteiger charge is -2.01. The van der Waals surface area contributed by atoms with E-state index in [0.29, 0.717) is 0 Å². The fraction of sp³-hybridized carbons (Fsp3) is 0.571. The van der Waals surface area contributed by atoms with E-state index in [4.69, 9.17) is 0 Å². The number of rotatable bonds is 2. The molecule has 0 fully saturated rings. The standard InChI is InChI=1S/C7H10F2N2/c1-5-3-6(2)11(10-5)4-7(8)9/h3,7H,4H2,1-2H3. The van der Waals surface area contributed by atoms with Gasteiger partial charge < -0.3 is 0 Å². The summed E-state index contributed by atoms with van der Waals surface area (Å²) in [5, 5.41) is 3.89.